The summed E-state index contributed by atoms with van der Waals surface area (Å²) in [6.07, 6.45) is 6.78. The molecule has 0 aromatic heterocycles. The maximum Gasteiger partial charge on any atom is 0.331 e. The van der Waals surface area contributed by atoms with Crippen molar-refractivity contribution in [2.45, 2.75) is 13.8 Å². The highest BCUT2D eigenvalue weighted by atomic mass is 16.5. The fourth-order valence-electron chi connectivity index (χ4n) is 2.08. The Hall–Kier alpha value is -2.81. The van der Waals surface area contributed by atoms with Gasteiger partial charge in [0.1, 0.15) is 12.4 Å². The maximum atomic E-state index is 11.6. The van der Waals surface area contributed by atoms with Crippen molar-refractivity contribution in [1.82, 2.24) is 0 Å². The molecule has 2 aromatic carbocycles. The highest BCUT2D eigenvalue weighted by Crippen LogP contribution is 2.17. The predicted octanol–water partition coefficient (Wildman–Crippen LogP) is 4.28. The third-order valence-electron chi connectivity index (χ3n) is 3.31. The number of rotatable bonds is 5. The largest absolute Gasteiger partial charge is 0.508 e. The standard InChI is InChI=1S/C20H20O3/c1-15-5-3-6-17(13-15)7-4-12-23-20(22)11-9-18-8-10-19(21)16(2)14-18/h3-11,13-14,21H,12H2,1-2H3/b7-4+,11-9+. The van der Waals surface area contributed by atoms with Gasteiger partial charge in [0.05, 0.1) is 0 Å². The average Bonchev–Trinajstić information content (AvgIpc) is 2.53. The number of benzene rings is 2. The second-order valence-corrected chi connectivity index (χ2v) is 5.33. The van der Waals surface area contributed by atoms with Crippen LogP contribution in [0.1, 0.15) is 22.3 Å². The van der Waals surface area contributed by atoms with Gasteiger partial charge >= 0.3 is 5.97 Å². The van der Waals surface area contributed by atoms with E-state index in [4.69, 9.17) is 4.74 Å². The molecule has 2 aromatic rings. The average molecular weight is 308 g/mol. The monoisotopic (exact) mass is 308 g/mol. The van der Waals surface area contributed by atoms with Crippen molar-refractivity contribution in [2.75, 3.05) is 6.61 Å². The Balaban J connectivity index is 1.83. The molecule has 2 rings (SSSR count). The minimum Gasteiger partial charge on any atom is -0.508 e. The third kappa shape index (κ3) is 5.47. The van der Waals surface area contributed by atoms with Gasteiger partial charge in [0, 0.05) is 6.08 Å². The van der Waals surface area contributed by atoms with Gasteiger partial charge in [-0.15, -0.1) is 0 Å². The molecule has 0 fully saturated rings. The zero-order valence-corrected chi connectivity index (χ0v) is 13.3. The Labute approximate surface area is 136 Å². The molecule has 0 saturated heterocycles. The van der Waals surface area contributed by atoms with E-state index in [2.05, 4.69) is 6.07 Å². The van der Waals surface area contributed by atoms with Gasteiger partial charge in [0.15, 0.2) is 0 Å². The van der Waals surface area contributed by atoms with Gasteiger partial charge in [-0.25, -0.2) is 4.79 Å². The summed E-state index contributed by atoms with van der Waals surface area (Å²) in [5, 5.41) is 9.45. The second-order valence-electron chi connectivity index (χ2n) is 5.33. The van der Waals surface area contributed by atoms with Crippen LogP contribution < -0.4 is 0 Å². The molecular formula is C20H20O3. The van der Waals surface area contributed by atoms with E-state index in [9.17, 15) is 9.90 Å². The van der Waals surface area contributed by atoms with Crippen LogP contribution in [0.2, 0.25) is 0 Å². The topological polar surface area (TPSA) is 46.5 Å². The molecule has 0 aliphatic carbocycles. The molecule has 118 valence electrons. The van der Waals surface area contributed by atoms with Gasteiger partial charge in [-0.05, 0) is 54.8 Å². The van der Waals surface area contributed by atoms with Crippen LogP contribution in [0.15, 0.2) is 54.6 Å². The molecular weight excluding hydrogens is 288 g/mol. The van der Waals surface area contributed by atoms with E-state index in [-0.39, 0.29) is 12.4 Å². The minimum absolute atomic E-state index is 0.228. The van der Waals surface area contributed by atoms with Crippen molar-refractivity contribution >= 4 is 18.1 Å². The van der Waals surface area contributed by atoms with Crippen LogP contribution in [-0.4, -0.2) is 17.7 Å². The molecule has 0 aliphatic heterocycles. The number of hydrogen-bond acceptors (Lipinski definition) is 3. The van der Waals surface area contributed by atoms with Gasteiger partial charge in [0.2, 0.25) is 0 Å². The molecule has 23 heavy (non-hydrogen) atoms. The predicted molar refractivity (Wildman–Crippen MR) is 93.0 cm³/mol. The fourth-order valence-corrected chi connectivity index (χ4v) is 2.08. The smallest absolute Gasteiger partial charge is 0.331 e. The summed E-state index contributed by atoms with van der Waals surface area (Å²) >= 11 is 0. The first kappa shape index (κ1) is 16.6. The Morgan fingerprint density at radius 2 is 1.87 bits per heavy atom. The summed E-state index contributed by atoms with van der Waals surface area (Å²) in [5.41, 5.74) is 3.88. The Kier molecular flexibility index (Phi) is 5.75. The number of ether oxygens (including phenoxy) is 1. The molecule has 0 heterocycles. The number of aromatic hydroxyl groups is 1. The number of phenols is 1. The first-order chi connectivity index (χ1) is 11.0. The lowest BCUT2D eigenvalue weighted by atomic mass is 10.1. The van der Waals surface area contributed by atoms with E-state index in [1.54, 1.807) is 31.2 Å². The zero-order chi connectivity index (χ0) is 16.7. The van der Waals surface area contributed by atoms with Crippen LogP contribution in [0.25, 0.3) is 12.2 Å². The lowest BCUT2D eigenvalue weighted by Gasteiger charge is -2.00. The number of esters is 1. The van der Waals surface area contributed by atoms with Gasteiger partial charge in [-0.3, -0.25) is 0 Å². The van der Waals surface area contributed by atoms with Crippen LogP contribution in [0.4, 0.5) is 0 Å². The molecule has 0 aliphatic rings. The SMILES string of the molecule is Cc1cccc(/C=C/COC(=O)/C=C/c2ccc(O)c(C)c2)c1. The fraction of sp³-hybridized carbons (Fsp3) is 0.150. The van der Waals surface area contributed by atoms with Crippen LogP contribution >= 0.6 is 0 Å². The van der Waals surface area contributed by atoms with E-state index in [1.165, 1.54) is 11.6 Å². The van der Waals surface area contributed by atoms with E-state index >= 15 is 0 Å². The Morgan fingerprint density at radius 1 is 1.09 bits per heavy atom. The number of carbonyl (C=O) groups excluding carboxylic acids is 1. The zero-order valence-electron chi connectivity index (χ0n) is 13.3. The number of carbonyl (C=O) groups is 1. The Bertz CT molecular complexity index is 742. The quantitative estimate of drug-likeness (QED) is 0.662. The minimum atomic E-state index is -0.398. The van der Waals surface area contributed by atoms with Gasteiger partial charge < -0.3 is 9.84 Å². The molecule has 0 radical (unpaired) electrons. The van der Waals surface area contributed by atoms with Crippen LogP contribution in [0, 0.1) is 13.8 Å². The molecule has 0 atom stereocenters. The molecule has 0 bridgehead atoms. The molecule has 0 unspecified atom stereocenters. The summed E-state index contributed by atoms with van der Waals surface area (Å²) in [6, 6.07) is 13.2. The highest BCUT2D eigenvalue weighted by molar-refractivity contribution is 5.87. The molecule has 0 spiro atoms. The van der Waals surface area contributed by atoms with Crippen molar-refractivity contribution in [3.05, 3.63) is 76.9 Å². The molecule has 1 N–H and O–H groups in total. The summed E-state index contributed by atoms with van der Waals surface area (Å²) in [7, 11) is 0. The van der Waals surface area contributed by atoms with Crippen molar-refractivity contribution < 1.29 is 14.6 Å². The normalized spacial score (nSPS) is 11.2. The summed E-state index contributed by atoms with van der Waals surface area (Å²) in [5.74, 6) is -0.157. The van der Waals surface area contributed by atoms with Crippen molar-refractivity contribution in [2.24, 2.45) is 0 Å². The van der Waals surface area contributed by atoms with Crippen molar-refractivity contribution in [3.63, 3.8) is 0 Å². The molecule has 0 amide bonds. The number of phenolic OH excluding ortho intramolecular Hbond substituents is 1. The van der Waals surface area contributed by atoms with Crippen LogP contribution in [0.3, 0.4) is 0 Å². The first-order valence-electron chi connectivity index (χ1n) is 7.42. The van der Waals surface area contributed by atoms with Crippen molar-refractivity contribution in [1.29, 1.82) is 0 Å². The molecule has 3 heteroatoms. The van der Waals surface area contributed by atoms with Crippen LogP contribution in [0.5, 0.6) is 5.75 Å². The van der Waals surface area contributed by atoms with Crippen molar-refractivity contribution in [3.8, 4) is 5.75 Å². The maximum absolute atomic E-state index is 11.6. The van der Waals surface area contributed by atoms with Crippen LogP contribution in [-0.2, 0) is 9.53 Å². The Morgan fingerprint density at radius 3 is 2.61 bits per heavy atom. The lowest BCUT2D eigenvalue weighted by Crippen LogP contribution is -1.99. The molecule has 3 nitrogen and oxygen atoms in total. The van der Waals surface area contributed by atoms with E-state index < -0.39 is 5.97 Å². The van der Waals surface area contributed by atoms with E-state index in [0.717, 1.165) is 16.7 Å². The molecule has 0 saturated carbocycles. The first-order valence-corrected chi connectivity index (χ1v) is 7.42. The summed E-state index contributed by atoms with van der Waals surface area (Å²) in [6.45, 7) is 4.07. The number of hydrogen-bond donors (Lipinski definition) is 1. The highest BCUT2D eigenvalue weighted by Gasteiger charge is 1.98. The third-order valence-corrected chi connectivity index (χ3v) is 3.31. The summed E-state index contributed by atoms with van der Waals surface area (Å²) in [4.78, 5) is 11.6. The summed E-state index contributed by atoms with van der Waals surface area (Å²) < 4.78 is 5.11. The lowest BCUT2D eigenvalue weighted by molar-refractivity contribution is -0.136. The van der Waals surface area contributed by atoms with Gasteiger partial charge in [0.25, 0.3) is 0 Å². The van der Waals surface area contributed by atoms with E-state index in [1.807, 2.05) is 37.3 Å². The van der Waals surface area contributed by atoms with Gasteiger partial charge in [-0.1, -0.05) is 42.0 Å². The second kappa shape index (κ2) is 7.99. The number of aryl methyl sites for hydroxylation is 2. The van der Waals surface area contributed by atoms with Gasteiger partial charge in [-0.2, -0.15) is 0 Å². The van der Waals surface area contributed by atoms with E-state index in [0.29, 0.717) is 0 Å².